The Bertz CT molecular complexity index is 1760. The molecule has 2 aliphatic rings. The van der Waals surface area contributed by atoms with E-state index >= 15 is 0 Å². The van der Waals surface area contributed by atoms with Crippen molar-refractivity contribution in [1.29, 1.82) is 0 Å². The summed E-state index contributed by atoms with van der Waals surface area (Å²) in [6.45, 7) is 4.10. The summed E-state index contributed by atoms with van der Waals surface area (Å²) in [5, 5.41) is 14.2. The zero-order valence-corrected chi connectivity index (χ0v) is 23.9. The van der Waals surface area contributed by atoms with Crippen molar-refractivity contribution in [3.8, 4) is 0 Å². The van der Waals surface area contributed by atoms with Gasteiger partial charge in [0.05, 0.1) is 21.8 Å². The van der Waals surface area contributed by atoms with Gasteiger partial charge >= 0.3 is 0 Å². The molecule has 0 aromatic heterocycles. The van der Waals surface area contributed by atoms with Gasteiger partial charge in [0.25, 0.3) is 20.2 Å². The molecule has 2 heterocycles. The molecule has 0 spiro atoms. The molecule has 0 radical (unpaired) electrons. The van der Waals surface area contributed by atoms with Crippen molar-refractivity contribution in [2.45, 2.75) is 28.5 Å². The highest BCUT2D eigenvalue weighted by Gasteiger charge is 2.52. The SMILES string of the molecule is CC1=C(c2cccc(SOOO)c2)P2CC1(C)C(c1cccc(S(=O)(=O)O)c1)=C2c1cccc(S(=O)(=O)O)c1. The van der Waals surface area contributed by atoms with E-state index in [9.17, 15) is 25.9 Å². The van der Waals surface area contributed by atoms with Crippen LogP contribution in [0.1, 0.15) is 30.5 Å². The van der Waals surface area contributed by atoms with Crippen molar-refractivity contribution in [3.63, 3.8) is 0 Å². The van der Waals surface area contributed by atoms with Gasteiger partial charge in [-0.1, -0.05) is 53.9 Å². The molecule has 0 saturated carbocycles. The van der Waals surface area contributed by atoms with Crippen molar-refractivity contribution in [2.24, 2.45) is 5.41 Å². The van der Waals surface area contributed by atoms with Crippen LogP contribution in [0.5, 0.6) is 0 Å². The van der Waals surface area contributed by atoms with Gasteiger partial charge in [0.2, 0.25) is 0 Å². The van der Waals surface area contributed by atoms with Gasteiger partial charge in [0.15, 0.2) is 0 Å². The molecule has 0 saturated heterocycles. The smallest absolute Gasteiger partial charge is 0.282 e. The number of benzene rings is 3. The predicted molar refractivity (Wildman–Crippen MR) is 149 cm³/mol. The topological polar surface area (TPSA) is 147 Å². The number of allylic oxidation sites excluding steroid dienone is 2. The molecule has 9 nitrogen and oxygen atoms in total. The van der Waals surface area contributed by atoms with Crippen LogP contribution < -0.4 is 0 Å². The molecule has 5 rings (SSSR count). The highest BCUT2D eigenvalue weighted by molar-refractivity contribution is 7.94. The molecule has 13 heteroatoms. The number of rotatable bonds is 8. The average molecular weight is 607 g/mol. The molecule has 39 heavy (non-hydrogen) atoms. The summed E-state index contributed by atoms with van der Waals surface area (Å²) in [7, 11) is -10.0. The van der Waals surface area contributed by atoms with Crippen LogP contribution in [0.25, 0.3) is 16.2 Å². The van der Waals surface area contributed by atoms with Crippen LogP contribution in [-0.4, -0.2) is 37.4 Å². The molecule has 2 unspecified atom stereocenters. The number of hydrogen-bond donors (Lipinski definition) is 3. The zero-order valence-electron chi connectivity index (χ0n) is 20.6. The van der Waals surface area contributed by atoms with E-state index in [1.807, 2.05) is 25.1 Å². The van der Waals surface area contributed by atoms with Crippen molar-refractivity contribution in [3.05, 3.63) is 95.1 Å². The van der Waals surface area contributed by atoms with Crippen LogP contribution in [0.4, 0.5) is 0 Å². The monoisotopic (exact) mass is 606 g/mol. The maximum atomic E-state index is 12.0. The van der Waals surface area contributed by atoms with E-state index in [1.165, 1.54) is 24.3 Å². The Balaban J connectivity index is 1.75. The van der Waals surface area contributed by atoms with Crippen LogP contribution in [-0.2, 0) is 29.6 Å². The Kier molecular flexibility index (Phi) is 7.38. The van der Waals surface area contributed by atoms with Crippen molar-refractivity contribution in [1.82, 2.24) is 0 Å². The van der Waals surface area contributed by atoms with Crippen molar-refractivity contribution in [2.75, 3.05) is 6.16 Å². The van der Waals surface area contributed by atoms with Gasteiger partial charge < -0.3 is 0 Å². The minimum atomic E-state index is -4.47. The molecule has 2 atom stereocenters. The van der Waals surface area contributed by atoms with E-state index in [1.54, 1.807) is 30.3 Å². The molecule has 0 amide bonds. The van der Waals surface area contributed by atoms with E-state index in [-0.39, 0.29) is 9.79 Å². The molecular weight excluding hydrogens is 583 g/mol. The fourth-order valence-electron chi connectivity index (χ4n) is 5.32. The second-order valence-electron chi connectivity index (χ2n) is 9.38. The van der Waals surface area contributed by atoms with Crippen LogP contribution in [0, 0.1) is 5.41 Å². The van der Waals surface area contributed by atoms with E-state index in [2.05, 4.69) is 16.3 Å². The molecule has 3 aromatic rings. The summed E-state index contributed by atoms with van der Waals surface area (Å²) in [6.07, 6.45) is 0.702. The van der Waals surface area contributed by atoms with Crippen LogP contribution >= 0.6 is 20.0 Å². The van der Waals surface area contributed by atoms with Gasteiger partial charge in [-0.15, -0.1) is 4.33 Å². The summed E-state index contributed by atoms with van der Waals surface area (Å²) in [5.41, 5.74) is 3.51. The molecule has 2 aliphatic heterocycles. The molecule has 0 fully saturated rings. The van der Waals surface area contributed by atoms with Crippen molar-refractivity contribution < 1.29 is 40.6 Å². The van der Waals surface area contributed by atoms with E-state index in [0.717, 1.165) is 39.4 Å². The fourth-order valence-corrected chi connectivity index (χ4v) is 10.6. The lowest BCUT2D eigenvalue weighted by Gasteiger charge is -2.32. The Hall–Kier alpha value is -2.38. The van der Waals surface area contributed by atoms with E-state index < -0.39 is 33.6 Å². The predicted octanol–water partition coefficient (Wildman–Crippen LogP) is 6.42. The molecule has 0 aliphatic carbocycles. The van der Waals surface area contributed by atoms with Gasteiger partial charge in [-0.25, -0.2) is 5.26 Å². The Morgan fingerprint density at radius 3 is 1.95 bits per heavy atom. The molecule has 204 valence electrons. The minimum absolute atomic E-state index is 0.240. The van der Waals surface area contributed by atoms with Crippen molar-refractivity contribution >= 4 is 56.4 Å². The number of fused-ring (bicyclic) bond motifs is 2. The maximum absolute atomic E-state index is 12.0. The summed E-state index contributed by atoms with van der Waals surface area (Å²) in [6, 6.07) is 19.6. The summed E-state index contributed by atoms with van der Waals surface area (Å²) >= 11 is 0.842. The third kappa shape index (κ3) is 5.13. The van der Waals surface area contributed by atoms with E-state index in [4.69, 9.17) is 5.26 Å². The van der Waals surface area contributed by atoms with Gasteiger partial charge in [0, 0.05) is 10.3 Å². The Labute approximate surface area is 231 Å². The number of hydrogen-bond acceptors (Lipinski definition) is 8. The average Bonchev–Trinajstić information content (AvgIpc) is 3.34. The lowest BCUT2D eigenvalue weighted by Crippen LogP contribution is -2.19. The summed E-state index contributed by atoms with van der Waals surface area (Å²) in [5.74, 6) is 0. The molecule has 2 bridgehead atoms. The highest BCUT2D eigenvalue weighted by atomic mass is 32.2. The van der Waals surface area contributed by atoms with Crippen LogP contribution in [0.2, 0.25) is 0 Å². The fraction of sp³-hybridized carbons (Fsp3) is 0.154. The van der Waals surface area contributed by atoms with Gasteiger partial charge in [-0.05, 0) is 90.3 Å². The van der Waals surface area contributed by atoms with Crippen LogP contribution in [0.15, 0.2) is 93.1 Å². The Morgan fingerprint density at radius 2 is 1.36 bits per heavy atom. The quantitative estimate of drug-likeness (QED) is 0.0862. The largest absolute Gasteiger partial charge is 0.294 e. The third-order valence-corrected chi connectivity index (χ3v) is 12.5. The first kappa shape index (κ1) is 28.2. The molecule has 3 N–H and O–H groups in total. The third-order valence-electron chi connectivity index (χ3n) is 7.08. The van der Waals surface area contributed by atoms with Gasteiger partial charge in [0.1, 0.15) is 0 Å². The van der Waals surface area contributed by atoms with Gasteiger partial charge in [-0.2, -0.15) is 16.8 Å². The minimum Gasteiger partial charge on any atom is -0.282 e. The lowest BCUT2D eigenvalue weighted by molar-refractivity contribution is -0.432. The first-order valence-corrected chi connectivity index (χ1v) is 16.6. The maximum Gasteiger partial charge on any atom is 0.294 e. The molecular formula is C26H23O9PS3. The summed E-state index contributed by atoms with van der Waals surface area (Å²) in [4.78, 5) is 0.200. The zero-order chi connectivity index (χ0) is 28.2. The first-order chi connectivity index (χ1) is 18.3. The second kappa shape index (κ2) is 10.2. The summed E-state index contributed by atoms with van der Waals surface area (Å²) < 4.78 is 71.9. The van der Waals surface area contributed by atoms with Gasteiger partial charge in [-0.3, -0.25) is 9.11 Å². The normalized spacial score (nSPS) is 21.2. The standard InChI is InChI=1S/C26H23O9PS3/c1-16-24(18-7-3-9-20(12-18)37-35-34-27)36-15-26(16,2)23(17-6-4-10-21(13-17)38(28,29)30)25(36)19-8-5-11-22(14-19)39(31,32)33/h3-14,27H,15H2,1-2H3,(H,28,29,30)(H,31,32,33). The second-order valence-corrected chi connectivity index (χ2v) is 15.1. The highest BCUT2D eigenvalue weighted by Crippen LogP contribution is 2.80. The Morgan fingerprint density at radius 1 is 0.821 bits per heavy atom. The molecule has 3 aromatic carbocycles. The lowest BCUT2D eigenvalue weighted by atomic mass is 9.73. The van der Waals surface area contributed by atoms with E-state index in [0.29, 0.717) is 22.2 Å². The van der Waals surface area contributed by atoms with Crippen LogP contribution in [0.3, 0.4) is 0 Å². The first-order valence-electron chi connectivity index (χ1n) is 11.5.